The summed E-state index contributed by atoms with van der Waals surface area (Å²) >= 11 is 0. The van der Waals surface area contributed by atoms with Gasteiger partial charge in [-0.1, -0.05) is 33.8 Å². The van der Waals surface area contributed by atoms with Crippen LogP contribution in [0.3, 0.4) is 0 Å². The van der Waals surface area contributed by atoms with Crippen LogP contribution in [0.1, 0.15) is 39.8 Å². The summed E-state index contributed by atoms with van der Waals surface area (Å²) in [5, 5.41) is 12.0. The Morgan fingerprint density at radius 2 is 1.96 bits per heavy atom. The number of hydrogen-bond donors (Lipinski definition) is 2. The smallest absolute Gasteiger partial charge is 0.272 e. The first-order chi connectivity index (χ1) is 12.7. The fraction of sp³-hybridized carbons (Fsp3) is 0.476. The minimum atomic E-state index is -0.174. The van der Waals surface area contributed by atoms with Gasteiger partial charge in [0.15, 0.2) is 0 Å². The number of fused-ring (bicyclic) bond motifs is 1. The quantitative estimate of drug-likeness (QED) is 0.815. The van der Waals surface area contributed by atoms with Crippen LogP contribution in [0.4, 0.5) is 5.69 Å². The zero-order valence-electron chi connectivity index (χ0n) is 16.1. The molecule has 3 heterocycles. The van der Waals surface area contributed by atoms with E-state index in [2.05, 4.69) is 43.2 Å². The van der Waals surface area contributed by atoms with Crippen LogP contribution in [0.2, 0.25) is 0 Å². The van der Waals surface area contributed by atoms with Gasteiger partial charge in [0, 0.05) is 34.8 Å². The van der Waals surface area contributed by atoms with E-state index in [0.29, 0.717) is 18.5 Å². The third-order valence-corrected chi connectivity index (χ3v) is 7.31. The summed E-state index contributed by atoms with van der Waals surface area (Å²) in [7, 11) is 0. The molecule has 0 atom stereocenters. The van der Waals surface area contributed by atoms with Crippen molar-refractivity contribution in [3.8, 4) is 0 Å². The molecule has 0 bridgehead atoms. The zero-order chi connectivity index (χ0) is 19.1. The SMILES string of the molecule is CC1(C)C(C(=O)N2CCC3=C(C2)Nc2cccc4c(=O)[nH]nc3c24)C1(C)C. The second kappa shape index (κ2) is 5.00. The van der Waals surface area contributed by atoms with Gasteiger partial charge in [0.05, 0.1) is 17.6 Å². The van der Waals surface area contributed by atoms with Crippen molar-refractivity contribution in [2.24, 2.45) is 16.7 Å². The Hall–Kier alpha value is -2.63. The Bertz CT molecular complexity index is 1080. The summed E-state index contributed by atoms with van der Waals surface area (Å²) in [6, 6.07) is 5.66. The van der Waals surface area contributed by atoms with Gasteiger partial charge in [-0.3, -0.25) is 9.59 Å². The molecular formula is C21H24N4O2. The highest BCUT2D eigenvalue weighted by atomic mass is 16.2. The number of rotatable bonds is 1. The van der Waals surface area contributed by atoms with Gasteiger partial charge in [0.1, 0.15) is 0 Å². The lowest BCUT2D eigenvalue weighted by atomic mass is 9.93. The normalized spacial score (nSPS) is 22.4. The second-order valence-corrected chi connectivity index (χ2v) is 9.10. The first kappa shape index (κ1) is 16.5. The van der Waals surface area contributed by atoms with Crippen LogP contribution in [0.25, 0.3) is 16.3 Å². The number of hydrogen-bond acceptors (Lipinski definition) is 4. The molecule has 2 aliphatic heterocycles. The molecule has 140 valence electrons. The number of anilines is 1. The molecule has 1 aliphatic carbocycles. The number of aromatic amines is 1. The minimum Gasteiger partial charge on any atom is -0.357 e. The highest BCUT2D eigenvalue weighted by molar-refractivity contribution is 6.04. The molecule has 3 aliphatic rings. The number of aromatic nitrogens is 2. The van der Waals surface area contributed by atoms with Crippen LogP contribution < -0.4 is 10.9 Å². The summed E-state index contributed by atoms with van der Waals surface area (Å²) in [4.78, 5) is 27.2. The van der Waals surface area contributed by atoms with Crippen molar-refractivity contribution < 1.29 is 4.79 Å². The summed E-state index contributed by atoms with van der Waals surface area (Å²) in [6.07, 6.45) is 0.740. The average Bonchev–Trinajstić information content (AvgIpc) is 3.05. The van der Waals surface area contributed by atoms with Crippen molar-refractivity contribution >= 4 is 27.9 Å². The molecule has 6 nitrogen and oxygen atoms in total. The second-order valence-electron chi connectivity index (χ2n) is 9.10. The maximum Gasteiger partial charge on any atom is 0.272 e. The first-order valence-corrected chi connectivity index (χ1v) is 9.53. The predicted octanol–water partition coefficient (Wildman–Crippen LogP) is 2.97. The van der Waals surface area contributed by atoms with Crippen molar-refractivity contribution in [1.29, 1.82) is 0 Å². The summed E-state index contributed by atoms with van der Waals surface area (Å²) in [5.41, 5.74) is 3.76. The van der Waals surface area contributed by atoms with E-state index in [9.17, 15) is 9.59 Å². The highest BCUT2D eigenvalue weighted by Crippen LogP contribution is 2.68. The van der Waals surface area contributed by atoms with Crippen molar-refractivity contribution in [3.05, 3.63) is 39.9 Å². The molecule has 0 saturated heterocycles. The molecule has 5 rings (SSSR count). The molecule has 27 heavy (non-hydrogen) atoms. The third-order valence-electron chi connectivity index (χ3n) is 7.31. The third kappa shape index (κ3) is 2.04. The van der Waals surface area contributed by atoms with Crippen molar-refractivity contribution in [2.75, 3.05) is 18.4 Å². The van der Waals surface area contributed by atoms with Crippen LogP contribution in [0.15, 0.2) is 28.7 Å². The number of H-pyrrole nitrogens is 1. The molecule has 0 spiro atoms. The van der Waals surface area contributed by atoms with Crippen LogP contribution in [0.5, 0.6) is 0 Å². The van der Waals surface area contributed by atoms with E-state index in [-0.39, 0.29) is 28.2 Å². The van der Waals surface area contributed by atoms with Crippen molar-refractivity contribution in [1.82, 2.24) is 15.1 Å². The van der Waals surface area contributed by atoms with Crippen LogP contribution in [-0.2, 0) is 4.79 Å². The Morgan fingerprint density at radius 1 is 1.22 bits per heavy atom. The standard InChI is InChI=1S/C21H24N4O2/c1-20(2)17(21(20,3)4)19(27)25-9-8-11-14(10-25)22-13-7-5-6-12-15(13)16(11)23-24-18(12)26/h5-7,17,22H,8-10H2,1-4H3,(H,24,26). The minimum absolute atomic E-state index is 0.0397. The molecular weight excluding hydrogens is 340 g/mol. The molecule has 0 unspecified atom stereocenters. The predicted molar refractivity (Wildman–Crippen MR) is 105 cm³/mol. The number of carbonyl (C=O) groups is 1. The monoisotopic (exact) mass is 364 g/mol. The summed E-state index contributed by atoms with van der Waals surface area (Å²) in [6.45, 7) is 9.97. The fourth-order valence-corrected chi connectivity index (χ4v) is 5.03. The first-order valence-electron chi connectivity index (χ1n) is 9.53. The highest BCUT2D eigenvalue weighted by Gasteiger charge is 2.68. The van der Waals surface area contributed by atoms with Gasteiger partial charge in [-0.2, -0.15) is 5.10 Å². The van der Waals surface area contributed by atoms with E-state index in [1.54, 1.807) is 0 Å². The van der Waals surface area contributed by atoms with Gasteiger partial charge < -0.3 is 10.2 Å². The van der Waals surface area contributed by atoms with E-state index in [0.717, 1.165) is 34.5 Å². The molecule has 1 aromatic carbocycles. The van der Waals surface area contributed by atoms with E-state index >= 15 is 0 Å². The number of carbonyl (C=O) groups excluding carboxylic acids is 1. The van der Waals surface area contributed by atoms with Gasteiger partial charge in [0.2, 0.25) is 5.91 Å². The number of amides is 1. The Morgan fingerprint density at radius 3 is 2.67 bits per heavy atom. The number of nitrogens with zero attached hydrogens (tertiary/aromatic N) is 2. The van der Waals surface area contributed by atoms with Crippen LogP contribution in [-0.4, -0.2) is 34.1 Å². The van der Waals surface area contributed by atoms with Crippen molar-refractivity contribution in [3.63, 3.8) is 0 Å². The molecule has 1 saturated carbocycles. The van der Waals surface area contributed by atoms with Crippen LogP contribution in [0, 0.1) is 16.7 Å². The number of nitrogens with one attached hydrogen (secondary N) is 2. The maximum atomic E-state index is 13.2. The topological polar surface area (TPSA) is 78.1 Å². The van der Waals surface area contributed by atoms with Gasteiger partial charge in [0.25, 0.3) is 5.56 Å². The maximum absolute atomic E-state index is 13.2. The summed E-state index contributed by atoms with van der Waals surface area (Å²) in [5.74, 6) is 0.317. The lowest BCUT2D eigenvalue weighted by Gasteiger charge is -2.34. The molecule has 2 aromatic rings. The van der Waals surface area contributed by atoms with E-state index in [1.165, 1.54) is 0 Å². The van der Waals surface area contributed by atoms with Gasteiger partial charge in [-0.15, -0.1) is 0 Å². The lowest BCUT2D eigenvalue weighted by molar-refractivity contribution is -0.133. The molecule has 1 amide bonds. The Labute approximate surface area is 157 Å². The van der Waals surface area contributed by atoms with Gasteiger partial charge >= 0.3 is 0 Å². The fourth-order valence-electron chi connectivity index (χ4n) is 5.03. The molecule has 1 aromatic heterocycles. The average molecular weight is 364 g/mol. The van der Waals surface area contributed by atoms with E-state index in [4.69, 9.17) is 0 Å². The largest absolute Gasteiger partial charge is 0.357 e. The Balaban J connectivity index is 1.51. The van der Waals surface area contributed by atoms with Gasteiger partial charge in [-0.25, -0.2) is 5.10 Å². The lowest BCUT2D eigenvalue weighted by Crippen LogP contribution is -2.41. The van der Waals surface area contributed by atoms with E-state index < -0.39 is 0 Å². The molecule has 0 radical (unpaired) electrons. The van der Waals surface area contributed by atoms with Crippen molar-refractivity contribution in [2.45, 2.75) is 34.1 Å². The molecule has 2 N–H and O–H groups in total. The molecule has 1 fully saturated rings. The van der Waals surface area contributed by atoms with Crippen LogP contribution >= 0.6 is 0 Å². The summed E-state index contributed by atoms with van der Waals surface area (Å²) < 4.78 is 0. The Kier molecular flexibility index (Phi) is 3.06. The van der Waals surface area contributed by atoms with E-state index in [1.807, 2.05) is 23.1 Å². The van der Waals surface area contributed by atoms with Gasteiger partial charge in [-0.05, 0) is 29.4 Å². The number of benzene rings is 1. The molecule has 6 heteroatoms. The zero-order valence-corrected chi connectivity index (χ0v) is 16.1.